The van der Waals surface area contributed by atoms with Crippen LogP contribution < -0.4 is 5.73 Å². The first-order chi connectivity index (χ1) is 9.04. The molecule has 8 heteroatoms. The van der Waals surface area contributed by atoms with Gasteiger partial charge in [0.2, 0.25) is 11.8 Å². The van der Waals surface area contributed by atoms with Crippen LogP contribution in [0.25, 0.3) is 17.2 Å². The highest BCUT2D eigenvalue weighted by Gasteiger charge is 2.16. The number of nitrogens with zero attached hydrogens (tertiary/aromatic N) is 5. The van der Waals surface area contributed by atoms with E-state index in [4.69, 9.17) is 10.2 Å². The number of fused-ring (bicyclic) bond motifs is 1. The van der Waals surface area contributed by atoms with E-state index in [0.29, 0.717) is 23.1 Å². The predicted molar refractivity (Wildman–Crippen MR) is 72.5 cm³/mol. The molecule has 0 bridgehead atoms. The van der Waals surface area contributed by atoms with Crippen LogP contribution in [-0.2, 0) is 0 Å². The van der Waals surface area contributed by atoms with E-state index in [1.54, 1.807) is 4.52 Å². The first-order valence-electron chi connectivity index (χ1n) is 5.70. The van der Waals surface area contributed by atoms with Gasteiger partial charge in [0, 0.05) is 10.4 Å². The summed E-state index contributed by atoms with van der Waals surface area (Å²) < 4.78 is 8.05. The van der Waals surface area contributed by atoms with Gasteiger partial charge in [-0.15, -0.1) is 15.3 Å². The first kappa shape index (κ1) is 12.1. The highest BCUT2D eigenvalue weighted by molar-refractivity contribution is 9.10. The summed E-state index contributed by atoms with van der Waals surface area (Å²) in [6, 6.07) is 3.64. The maximum Gasteiger partial charge on any atom is 0.266 e. The molecule has 0 unspecified atom stereocenters. The molecule has 19 heavy (non-hydrogen) atoms. The molecule has 0 aliphatic rings. The standard InChI is InChI=1S/C11H11BrN6O/c1-5(2)9-15-16-10(19-9)7-3-6(12)4-8-14-11(13)17-18(7)8/h3-5H,1-2H3,(H2,13,17). The highest BCUT2D eigenvalue weighted by Crippen LogP contribution is 2.25. The Morgan fingerprint density at radius 3 is 2.79 bits per heavy atom. The topological polar surface area (TPSA) is 95.1 Å². The summed E-state index contributed by atoms with van der Waals surface area (Å²) in [7, 11) is 0. The Kier molecular flexibility index (Phi) is 2.74. The molecule has 3 heterocycles. The van der Waals surface area contributed by atoms with Crippen molar-refractivity contribution in [2.75, 3.05) is 5.73 Å². The summed E-state index contributed by atoms with van der Waals surface area (Å²) in [5.41, 5.74) is 6.88. The monoisotopic (exact) mass is 322 g/mol. The molecule has 7 nitrogen and oxygen atoms in total. The van der Waals surface area contributed by atoms with Crippen LogP contribution >= 0.6 is 15.9 Å². The van der Waals surface area contributed by atoms with Gasteiger partial charge in [-0.3, -0.25) is 0 Å². The highest BCUT2D eigenvalue weighted by atomic mass is 79.9. The van der Waals surface area contributed by atoms with Crippen molar-refractivity contribution in [3.63, 3.8) is 0 Å². The summed E-state index contributed by atoms with van der Waals surface area (Å²) in [6.07, 6.45) is 0. The Balaban J connectivity index is 2.22. The summed E-state index contributed by atoms with van der Waals surface area (Å²) in [4.78, 5) is 4.11. The average Bonchev–Trinajstić information content (AvgIpc) is 2.93. The van der Waals surface area contributed by atoms with Crippen LogP contribution in [0.4, 0.5) is 5.95 Å². The van der Waals surface area contributed by atoms with E-state index in [1.165, 1.54) is 0 Å². The van der Waals surface area contributed by atoms with Crippen LogP contribution in [0.2, 0.25) is 0 Å². The Bertz CT molecular complexity index is 747. The van der Waals surface area contributed by atoms with Crippen molar-refractivity contribution < 1.29 is 4.42 Å². The smallest absolute Gasteiger partial charge is 0.266 e. The van der Waals surface area contributed by atoms with Crippen LogP contribution in [0.3, 0.4) is 0 Å². The number of hydrogen-bond donors (Lipinski definition) is 1. The Morgan fingerprint density at radius 1 is 1.32 bits per heavy atom. The molecule has 3 aromatic heterocycles. The lowest BCUT2D eigenvalue weighted by molar-refractivity contribution is 0.478. The molecule has 0 atom stereocenters. The molecule has 0 radical (unpaired) electrons. The molecule has 0 amide bonds. The zero-order chi connectivity index (χ0) is 13.6. The summed E-state index contributed by atoms with van der Waals surface area (Å²) in [5, 5.41) is 12.2. The van der Waals surface area contributed by atoms with Gasteiger partial charge in [0.15, 0.2) is 5.65 Å². The minimum absolute atomic E-state index is 0.171. The number of anilines is 1. The molecule has 0 saturated carbocycles. The molecule has 0 aliphatic heterocycles. The average molecular weight is 323 g/mol. The van der Waals surface area contributed by atoms with Crippen molar-refractivity contribution in [1.82, 2.24) is 24.8 Å². The van der Waals surface area contributed by atoms with E-state index in [1.807, 2.05) is 26.0 Å². The molecule has 3 rings (SSSR count). The van der Waals surface area contributed by atoms with Crippen LogP contribution in [0.1, 0.15) is 25.7 Å². The summed E-state index contributed by atoms with van der Waals surface area (Å²) in [6.45, 7) is 3.97. The third-order valence-electron chi connectivity index (χ3n) is 2.57. The number of hydrogen-bond acceptors (Lipinski definition) is 6. The van der Waals surface area contributed by atoms with Gasteiger partial charge < -0.3 is 10.2 Å². The Morgan fingerprint density at radius 2 is 2.11 bits per heavy atom. The number of rotatable bonds is 2. The molecule has 0 saturated heterocycles. The summed E-state index contributed by atoms with van der Waals surface area (Å²) in [5.74, 6) is 1.34. The van der Waals surface area contributed by atoms with Gasteiger partial charge in [-0.2, -0.15) is 4.98 Å². The van der Waals surface area contributed by atoms with Gasteiger partial charge in [-0.1, -0.05) is 29.8 Å². The zero-order valence-electron chi connectivity index (χ0n) is 10.3. The molecule has 0 aromatic carbocycles. The lowest BCUT2D eigenvalue weighted by atomic mass is 10.2. The van der Waals surface area contributed by atoms with Gasteiger partial charge in [0.1, 0.15) is 5.69 Å². The third kappa shape index (κ3) is 2.07. The van der Waals surface area contributed by atoms with Crippen molar-refractivity contribution in [1.29, 1.82) is 0 Å². The maximum atomic E-state index is 5.63. The largest absolute Gasteiger partial charge is 0.419 e. The fourth-order valence-electron chi connectivity index (χ4n) is 1.69. The van der Waals surface area contributed by atoms with Crippen molar-refractivity contribution in [2.45, 2.75) is 19.8 Å². The number of halogens is 1. The van der Waals surface area contributed by atoms with Gasteiger partial charge in [-0.25, -0.2) is 4.52 Å². The van der Waals surface area contributed by atoms with Crippen molar-refractivity contribution >= 4 is 27.5 Å². The number of nitrogen functional groups attached to an aromatic ring is 1. The molecule has 98 valence electrons. The number of pyridine rings is 1. The second-order valence-corrected chi connectivity index (χ2v) is 5.31. The van der Waals surface area contributed by atoms with E-state index >= 15 is 0 Å². The molecular weight excluding hydrogens is 312 g/mol. The normalized spacial score (nSPS) is 11.6. The zero-order valence-corrected chi connectivity index (χ0v) is 11.9. The van der Waals surface area contributed by atoms with Crippen LogP contribution in [0.15, 0.2) is 21.0 Å². The first-order valence-corrected chi connectivity index (χ1v) is 6.49. The Labute approximate surface area is 117 Å². The van der Waals surface area contributed by atoms with E-state index in [2.05, 4.69) is 36.2 Å². The molecule has 3 aromatic rings. The van der Waals surface area contributed by atoms with Gasteiger partial charge >= 0.3 is 0 Å². The van der Waals surface area contributed by atoms with E-state index < -0.39 is 0 Å². The number of aromatic nitrogens is 5. The molecule has 0 fully saturated rings. The SMILES string of the molecule is CC(C)c1nnc(-c2cc(Br)cc3nc(N)nn23)o1. The van der Waals surface area contributed by atoms with Gasteiger partial charge in [0.25, 0.3) is 5.89 Å². The molecular formula is C11H11BrN6O. The van der Waals surface area contributed by atoms with Crippen LogP contribution in [-0.4, -0.2) is 24.8 Å². The van der Waals surface area contributed by atoms with Gasteiger partial charge in [0.05, 0.1) is 0 Å². The fraction of sp³-hybridized carbons (Fsp3) is 0.273. The molecule has 2 N–H and O–H groups in total. The quantitative estimate of drug-likeness (QED) is 0.777. The van der Waals surface area contributed by atoms with Crippen molar-refractivity contribution in [2.24, 2.45) is 0 Å². The lowest BCUT2D eigenvalue weighted by Gasteiger charge is -2.00. The van der Waals surface area contributed by atoms with E-state index in [-0.39, 0.29) is 11.9 Å². The lowest BCUT2D eigenvalue weighted by Crippen LogP contribution is -1.95. The number of nitrogens with two attached hydrogens (primary N) is 1. The van der Waals surface area contributed by atoms with E-state index in [0.717, 1.165) is 4.47 Å². The molecule has 0 spiro atoms. The van der Waals surface area contributed by atoms with Gasteiger partial charge in [-0.05, 0) is 12.1 Å². The molecule has 0 aliphatic carbocycles. The van der Waals surface area contributed by atoms with E-state index in [9.17, 15) is 0 Å². The third-order valence-corrected chi connectivity index (χ3v) is 3.03. The van der Waals surface area contributed by atoms with Crippen LogP contribution in [0.5, 0.6) is 0 Å². The minimum Gasteiger partial charge on any atom is -0.419 e. The van der Waals surface area contributed by atoms with Crippen molar-refractivity contribution in [3.05, 3.63) is 22.5 Å². The van der Waals surface area contributed by atoms with Crippen molar-refractivity contribution in [3.8, 4) is 11.6 Å². The minimum atomic E-state index is 0.171. The predicted octanol–water partition coefficient (Wildman–Crippen LogP) is 2.25. The second-order valence-electron chi connectivity index (χ2n) is 4.40. The Hall–Kier alpha value is -1.96. The maximum absolute atomic E-state index is 5.63. The fourth-order valence-corrected chi connectivity index (χ4v) is 2.11. The summed E-state index contributed by atoms with van der Waals surface area (Å²) >= 11 is 3.41. The second kappa shape index (κ2) is 4.30. The van der Waals surface area contributed by atoms with Crippen LogP contribution in [0, 0.1) is 0 Å².